The number of esters is 1. The van der Waals surface area contributed by atoms with E-state index in [2.05, 4.69) is 17.3 Å². The molecule has 110 valence electrons. The maximum absolute atomic E-state index is 12.2. The number of nitrogens with zero attached hydrogens (tertiary/aromatic N) is 1. The van der Waals surface area contributed by atoms with Gasteiger partial charge in [0.05, 0.1) is 13.2 Å². The number of rotatable bonds is 7. The maximum atomic E-state index is 12.2. The molecule has 0 radical (unpaired) electrons. The van der Waals surface area contributed by atoms with E-state index in [1.165, 1.54) is 7.11 Å². The van der Waals surface area contributed by atoms with Crippen LogP contribution in [0, 0.1) is 5.92 Å². The predicted molar refractivity (Wildman–Crippen MR) is 73.0 cm³/mol. The molecule has 1 aliphatic heterocycles. The first kappa shape index (κ1) is 14.8. The third-order valence-electron chi connectivity index (χ3n) is 4.33. The van der Waals surface area contributed by atoms with Gasteiger partial charge >= 0.3 is 5.97 Å². The van der Waals surface area contributed by atoms with Gasteiger partial charge in [0.25, 0.3) is 0 Å². The van der Waals surface area contributed by atoms with E-state index in [1.54, 1.807) is 0 Å². The summed E-state index contributed by atoms with van der Waals surface area (Å²) in [5.41, 5.74) is -0.553. The quantitative estimate of drug-likeness (QED) is 0.688. The van der Waals surface area contributed by atoms with Gasteiger partial charge in [-0.2, -0.15) is 0 Å². The highest BCUT2D eigenvalue weighted by molar-refractivity contribution is 5.82. The van der Waals surface area contributed by atoms with Crippen molar-refractivity contribution in [3.8, 4) is 0 Å². The van der Waals surface area contributed by atoms with Crippen LogP contribution in [0.3, 0.4) is 0 Å². The molecule has 0 aromatic heterocycles. The minimum absolute atomic E-state index is 0.142. The number of carbonyl (C=O) groups excluding carboxylic acids is 1. The Hall–Kier alpha value is -0.650. The second kappa shape index (κ2) is 6.20. The molecule has 0 spiro atoms. The molecule has 1 aliphatic carbocycles. The predicted octanol–water partition coefficient (Wildman–Crippen LogP) is 0.638. The van der Waals surface area contributed by atoms with Gasteiger partial charge < -0.3 is 19.7 Å². The van der Waals surface area contributed by atoms with E-state index >= 15 is 0 Å². The highest BCUT2D eigenvalue weighted by Crippen LogP contribution is 2.40. The molecule has 2 rings (SSSR count). The number of methoxy groups -OCH3 is 1. The highest BCUT2D eigenvalue weighted by atomic mass is 16.5. The number of ether oxygens (including phenoxy) is 2. The summed E-state index contributed by atoms with van der Waals surface area (Å²) < 4.78 is 10.7. The number of carbonyl (C=O) groups is 1. The SMILES string of the molecule is CNC(CN(C)CC1CCCO1)(C(=O)OC)C1CC1. The second-order valence-electron chi connectivity index (χ2n) is 5.82. The van der Waals surface area contributed by atoms with Crippen molar-refractivity contribution in [1.82, 2.24) is 10.2 Å². The molecule has 1 heterocycles. The largest absolute Gasteiger partial charge is 0.468 e. The summed E-state index contributed by atoms with van der Waals surface area (Å²) in [6, 6.07) is 0. The van der Waals surface area contributed by atoms with Crippen LogP contribution in [0.15, 0.2) is 0 Å². The van der Waals surface area contributed by atoms with Crippen LogP contribution in [0.5, 0.6) is 0 Å². The van der Waals surface area contributed by atoms with Gasteiger partial charge in [0.2, 0.25) is 0 Å². The van der Waals surface area contributed by atoms with Crippen LogP contribution in [0.2, 0.25) is 0 Å². The van der Waals surface area contributed by atoms with Gasteiger partial charge in [-0.25, -0.2) is 4.79 Å². The number of nitrogens with one attached hydrogen (secondary N) is 1. The van der Waals surface area contributed by atoms with E-state index in [4.69, 9.17) is 9.47 Å². The van der Waals surface area contributed by atoms with Crippen molar-refractivity contribution >= 4 is 5.97 Å². The van der Waals surface area contributed by atoms with Crippen molar-refractivity contribution in [3.05, 3.63) is 0 Å². The first-order chi connectivity index (χ1) is 9.12. The molecule has 2 fully saturated rings. The highest BCUT2D eigenvalue weighted by Gasteiger charge is 2.51. The summed E-state index contributed by atoms with van der Waals surface area (Å²) in [6.45, 7) is 2.43. The van der Waals surface area contributed by atoms with Crippen LogP contribution in [0.25, 0.3) is 0 Å². The van der Waals surface area contributed by atoms with Crippen LogP contribution < -0.4 is 5.32 Å². The summed E-state index contributed by atoms with van der Waals surface area (Å²) >= 11 is 0. The summed E-state index contributed by atoms with van der Waals surface area (Å²) in [5, 5.41) is 3.23. The van der Waals surface area contributed by atoms with Gasteiger partial charge in [0, 0.05) is 19.7 Å². The zero-order chi connectivity index (χ0) is 13.9. The lowest BCUT2D eigenvalue weighted by atomic mass is 9.92. The molecule has 1 saturated heterocycles. The van der Waals surface area contributed by atoms with Crippen molar-refractivity contribution in [2.45, 2.75) is 37.3 Å². The minimum atomic E-state index is -0.553. The van der Waals surface area contributed by atoms with Gasteiger partial charge in [-0.1, -0.05) is 0 Å². The Labute approximate surface area is 115 Å². The summed E-state index contributed by atoms with van der Waals surface area (Å²) in [7, 11) is 5.38. The smallest absolute Gasteiger partial charge is 0.327 e. The fraction of sp³-hybridized carbons (Fsp3) is 0.929. The Balaban J connectivity index is 1.96. The lowest BCUT2D eigenvalue weighted by Crippen LogP contribution is -2.60. The Morgan fingerprint density at radius 3 is 2.68 bits per heavy atom. The molecule has 2 aliphatic rings. The van der Waals surface area contributed by atoms with Gasteiger partial charge in [0.15, 0.2) is 0 Å². The lowest BCUT2D eigenvalue weighted by molar-refractivity contribution is -0.150. The summed E-state index contributed by atoms with van der Waals surface area (Å²) in [5.74, 6) is 0.258. The van der Waals surface area contributed by atoms with Crippen molar-refractivity contribution < 1.29 is 14.3 Å². The molecule has 19 heavy (non-hydrogen) atoms. The number of hydrogen-bond acceptors (Lipinski definition) is 5. The molecule has 0 amide bonds. The van der Waals surface area contributed by atoms with Gasteiger partial charge in [-0.05, 0) is 45.7 Å². The Morgan fingerprint density at radius 2 is 2.21 bits per heavy atom. The Morgan fingerprint density at radius 1 is 1.47 bits per heavy atom. The van der Waals surface area contributed by atoms with E-state index in [0.717, 1.165) is 38.8 Å². The molecule has 0 aromatic rings. The average molecular weight is 270 g/mol. The van der Waals surface area contributed by atoms with E-state index in [-0.39, 0.29) is 5.97 Å². The second-order valence-corrected chi connectivity index (χ2v) is 5.82. The van der Waals surface area contributed by atoms with Gasteiger partial charge in [0.1, 0.15) is 5.54 Å². The fourth-order valence-corrected chi connectivity index (χ4v) is 3.13. The third-order valence-corrected chi connectivity index (χ3v) is 4.33. The molecule has 1 saturated carbocycles. The normalized spacial score (nSPS) is 26.4. The minimum Gasteiger partial charge on any atom is -0.468 e. The summed E-state index contributed by atoms with van der Waals surface area (Å²) in [6.07, 6.45) is 4.79. The number of likely N-dealkylation sites (N-methyl/N-ethyl adjacent to an activating group) is 2. The average Bonchev–Trinajstić information content (AvgIpc) is 3.14. The van der Waals surface area contributed by atoms with Crippen LogP contribution >= 0.6 is 0 Å². The van der Waals surface area contributed by atoms with Crippen molar-refractivity contribution in [2.75, 3.05) is 40.9 Å². The van der Waals surface area contributed by atoms with Gasteiger partial charge in [-0.3, -0.25) is 0 Å². The fourth-order valence-electron chi connectivity index (χ4n) is 3.13. The molecule has 0 bridgehead atoms. The van der Waals surface area contributed by atoms with Crippen LogP contribution in [-0.2, 0) is 14.3 Å². The van der Waals surface area contributed by atoms with Crippen molar-refractivity contribution in [3.63, 3.8) is 0 Å². The van der Waals surface area contributed by atoms with Crippen LogP contribution in [0.4, 0.5) is 0 Å². The first-order valence-corrected chi connectivity index (χ1v) is 7.20. The van der Waals surface area contributed by atoms with E-state index < -0.39 is 5.54 Å². The van der Waals surface area contributed by atoms with Crippen LogP contribution in [-0.4, -0.2) is 63.4 Å². The van der Waals surface area contributed by atoms with E-state index in [0.29, 0.717) is 18.6 Å². The van der Waals surface area contributed by atoms with Crippen molar-refractivity contribution in [2.24, 2.45) is 5.92 Å². The Kier molecular flexibility index (Phi) is 4.81. The molecule has 2 atom stereocenters. The summed E-state index contributed by atoms with van der Waals surface area (Å²) in [4.78, 5) is 14.4. The topological polar surface area (TPSA) is 50.8 Å². The molecular weight excluding hydrogens is 244 g/mol. The Bertz CT molecular complexity index is 314. The molecule has 2 unspecified atom stereocenters. The van der Waals surface area contributed by atoms with E-state index in [9.17, 15) is 4.79 Å². The maximum Gasteiger partial charge on any atom is 0.327 e. The monoisotopic (exact) mass is 270 g/mol. The lowest BCUT2D eigenvalue weighted by Gasteiger charge is -2.35. The molecular formula is C14H26N2O3. The standard InChI is InChI=1S/C14H26N2O3/c1-15-14(11-6-7-11,13(17)18-3)10-16(2)9-12-5-4-8-19-12/h11-12,15H,4-10H2,1-3H3. The van der Waals surface area contributed by atoms with Crippen LogP contribution in [0.1, 0.15) is 25.7 Å². The van der Waals surface area contributed by atoms with Crippen molar-refractivity contribution in [1.29, 1.82) is 0 Å². The molecule has 5 heteroatoms. The molecule has 1 N–H and O–H groups in total. The zero-order valence-corrected chi connectivity index (χ0v) is 12.3. The van der Waals surface area contributed by atoms with E-state index in [1.807, 2.05) is 7.05 Å². The number of hydrogen-bond donors (Lipinski definition) is 1. The third kappa shape index (κ3) is 3.27. The zero-order valence-electron chi connectivity index (χ0n) is 12.3. The molecule has 5 nitrogen and oxygen atoms in total. The van der Waals surface area contributed by atoms with Gasteiger partial charge in [-0.15, -0.1) is 0 Å². The molecule has 0 aromatic carbocycles. The first-order valence-electron chi connectivity index (χ1n) is 7.20.